The van der Waals surface area contributed by atoms with Gasteiger partial charge in [-0.3, -0.25) is 9.59 Å². The van der Waals surface area contributed by atoms with Gasteiger partial charge in [0.2, 0.25) is 5.91 Å². The number of carbonyl (C=O) groups is 2. The Balaban J connectivity index is 1.35. The first-order valence-electron chi connectivity index (χ1n) is 9.87. The molecule has 5 heteroatoms. The second kappa shape index (κ2) is 8.26. The molecule has 27 heavy (non-hydrogen) atoms. The number of nitrogens with zero attached hydrogens (tertiary/aromatic N) is 2. The van der Waals surface area contributed by atoms with Crippen LogP contribution < -0.4 is 0 Å². The van der Waals surface area contributed by atoms with Crippen LogP contribution in [0.5, 0.6) is 0 Å². The highest BCUT2D eigenvalue weighted by molar-refractivity contribution is 7.08. The van der Waals surface area contributed by atoms with Crippen LogP contribution in [0.1, 0.15) is 41.6 Å². The van der Waals surface area contributed by atoms with Crippen LogP contribution >= 0.6 is 11.3 Å². The molecule has 0 radical (unpaired) electrons. The molecule has 4 rings (SSSR count). The smallest absolute Gasteiger partial charge is 0.254 e. The van der Waals surface area contributed by atoms with E-state index in [2.05, 4.69) is 17.0 Å². The highest BCUT2D eigenvalue weighted by Crippen LogP contribution is 2.32. The first-order chi connectivity index (χ1) is 13.2. The highest BCUT2D eigenvalue weighted by atomic mass is 32.1. The van der Waals surface area contributed by atoms with E-state index in [4.69, 9.17) is 0 Å². The Morgan fingerprint density at radius 1 is 1.07 bits per heavy atom. The minimum absolute atomic E-state index is 0.162. The fourth-order valence-electron chi connectivity index (χ4n) is 4.49. The van der Waals surface area contributed by atoms with Gasteiger partial charge in [-0.2, -0.15) is 11.3 Å². The Morgan fingerprint density at radius 3 is 2.70 bits per heavy atom. The molecule has 0 aliphatic carbocycles. The summed E-state index contributed by atoms with van der Waals surface area (Å²) < 4.78 is 0. The average Bonchev–Trinajstić information content (AvgIpc) is 3.26. The molecule has 0 unspecified atom stereocenters. The third-order valence-corrected chi connectivity index (χ3v) is 6.60. The van der Waals surface area contributed by atoms with E-state index in [1.807, 2.05) is 39.9 Å². The Bertz CT molecular complexity index is 775. The minimum atomic E-state index is 0.162. The van der Waals surface area contributed by atoms with Crippen molar-refractivity contribution in [2.24, 2.45) is 5.92 Å². The summed E-state index contributed by atoms with van der Waals surface area (Å²) in [6, 6.07) is 12.4. The van der Waals surface area contributed by atoms with Crippen LogP contribution in [0, 0.1) is 5.92 Å². The maximum absolute atomic E-state index is 12.8. The van der Waals surface area contributed by atoms with E-state index in [9.17, 15) is 9.59 Å². The Hall–Kier alpha value is -2.14. The molecule has 2 aromatic rings. The lowest BCUT2D eigenvalue weighted by atomic mass is 9.83. The number of thiophene rings is 1. The van der Waals surface area contributed by atoms with Crippen LogP contribution in [0.2, 0.25) is 0 Å². The molecule has 2 amide bonds. The minimum Gasteiger partial charge on any atom is -0.342 e. The molecule has 2 saturated heterocycles. The third kappa shape index (κ3) is 4.08. The third-order valence-electron chi connectivity index (χ3n) is 5.92. The summed E-state index contributed by atoms with van der Waals surface area (Å²) in [5.74, 6) is 0.823. The van der Waals surface area contributed by atoms with Crippen LogP contribution in [0.25, 0.3) is 0 Å². The van der Waals surface area contributed by atoms with Crippen molar-refractivity contribution in [1.82, 2.24) is 9.80 Å². The van der Waals surface area contributed by atoms with Crippen molar-refractivity contribution in [2.45, 2.75) is 38.1 Å². The van der Waals surface area contributed by atoms with Crippen molar-refractivity contribution in [3.8, 4) is 0 Å². The van der Waals surface area contributed by atoms with E-state index in [1.54, 1.807) is 11.3 Å². The van der Waals surface area contributed by atoms with Crippen molar-refractivity contribution in [2.75, 3.05) is 19.6 Å². The molecule has 2 aliphatic rings. The molecule has 2 fully saturated rings. The van der Waals surface area contributed by atoms with E-state index in [0.29, 0.717) is 12.3 Å². The predicted octanol–water partition coefficient (Wildman–Crippen LogP) is 3.83. The van der Waals surface area contributed by atoms with Gasteiger partial charge in [-0.15, -0.1) is 0 Å². The Labute approximate surface area is 164 Å². The maximum Gasteiger partial charge on any atom is 0.254 e. The van der Waals surface area contributed by atoms with Crippen LogP contribution in [-0.4, -0.2) is 47.3 Å². The zero-order valence-corrected chi connectivity index (χ0v) is 16.4. The fraction of sp³-hybridized carbons (Fsp3) is 0.455. The molecule has 0 bridgehead atoms. The number of likely N-dealkylation sites (tertiary alicyclic amines) is 2. The van der Waals surface area contributed by atoms with E-state index in [0.717, 1.165) is 50.9 Å². The largest absolute Gasteiger partial charge is 0.342 e. The zero-order valence-electron chi connectivity index (χ0n) is 15.5. The topological polar surface area (TPSA) is 40.6 Å². The van der Waals surface area contributed by atoms with E-state index in [1.165, 1.54) is 5.56 Å². The lowest BCUT2D eigenvalue weighted by Gasteiger charge is -2.47. The number of fused-ring (bicyclic) bond motifs is 1. The van der Waals surface area contributed by atoms with Crippen molar-refractivity contribution >= 4 is 23.2 Å². The number of hydrogen-bond acceptors (Lipinski definition) is 3. The standard InChI is InChI=1S/C22H26N2O2S/c25-21(9-8-17-5-2-1-3-6-17)23-13-10-20-18(15-23)7-4-12-24(20)22(26)19-11-14-27-16-19/h1-3,5-6,11,14,16,18,20H,4,7-10,12-13,15H2/t18-,20-/m1/s1. The number of rotatable bonds is 4. The number of carbonyl (C=O) groups excluding carboxylic acids is 2. The fourth-order valence-corrected chi connectivity index (χ4v) is 5.12. The first kappa shape index (κ1) is 18.2. The zero-order chi connectivity index (χ0) is 18.6. The molecular weight excluding hydrogens is 356 g/mol. The quantitative estimate of drug-likeness (QED) is 0.806. The van der Waals surface area contributed by atoms with Crippen LogP contribution in [-0.2, 0) is 11.2 Å². The molecule has 2 aliphatic heterocycles. The average molecular weight is 383 g/mol. The van der Waals surface area contributed by atoms with Gasteiger partial charge in [-0.1, -0.05) is 30.3 Å². The molecule has 4 nitrogen and oxygen atoms in total. The maximum atomic E-state index is 12.8. The first-order valence-corrected chi connectivity index (χ1v) is 10.8. The van der Waals surface area contributed by atoms with E-state index in [-0.39, 0.29) is 17.9 Å². The number of aryl methyl sites for hydroxylation is 1. The molecule has 2 atom stereocenters. The van der Waals surface area contributed by atoms with Crippen LogP contribution in [0.4, 0.5) is 0 Å². The van der Waals surface area contributed by atoms with Crippen molar-refractivity contribution in [3.63, 3.8) is 0 Å². The Kier molecular flexibility index (Phi) is 5.58. The van der Waals surface area contributed by atoms with Crippen molar-refractivity contribution < 1.29 is 9.59 Å². The van der Waals surface area contributed by atoms with Gasteiger partial charge in [0.1, 0.15) is 0 Å². The van der Waals surface area contributed by atoms with Gasteiger partial charge >= 0.3 is 0 Å². The lowest BCUT2D eigenvalue weighted by molar-refractivity contribution is -0.134. The SMILES string of the molecule is O=C(CCc1ccccc1)N1CC[C@@H]2[C@H](CCCN2C(=O)c2ccsc2)C1. The highest BCUT2D eigenvalue weighted by Gasteiger charge is 2.39. The molecule has 1 aromatic heterocycles. The molecule has 0 spiro atoms. The van der Waals surface area contributed by atoms with Gasteiger partial charge in [-0.05, 0) is 48.6 Å². The number of benzene rings is 1. The summed E-state index contributed by atoms with van der Waals surface area (Å²) in [7, 11) is 0. The van der Waals surface area contributed by atoms with Gasteiger partial charge in [-0.25, -0.2) is 0 Å². The van der Waals surface area contributed by atoms with Gasteiger partial charge in [0, 0.05) is 37.5 Å². The molecule has 142 valence electrons. The molecule has 0 N–H and O–H groups in total. The second-order valence-electron chi connectivity index (χ2n) is 7.59. The summed E-state index contributed by atoms with van der Waals surface area (Å²) in [6.07, 6.45) is 4.41. The van der Waals surface area contributed by atoms with E-state index < -0.39 is 0 Å². The molecule has 0 saturated carbocycles. The summed E-state index contributed by atoms with van der Waals surface area (Å²) in [5, 5.41) is 3.90. The lowest BCUT2D eigenvalue weighted by Crippen LogP contribution is -2.56. The molecular formula is C22H26N2O2S. The summed E-state index contributed by atoms with van der Waals surface area (Å²) in [5.41, 5.74) is 2.02. The number of piperidine rings is 2. The number of hydrogen-bond donors (Lipinski definition) is 0. The normalized spacial score (nSPS) is 22.4. The summed E-state index contributed by atoms with van der Waals surface area (Å²) in [4.78, 5) is 29.6. The second-order valence-corrected chi connectivity index (χ2v) is 8.37. The predicted molar refractivity (Wildman–Crippen MR) is 108 cm³/mol. The molecule has 1 aromatic carbocycles. The summed E-state index contributed by atoms with van der Waals surface area (Å²) >= 11 is 1.57. The van der Waals surface area contributed by atoms with Gasteiger partial charge < -0.3 is 9.80 Å². The van der Waals surface area contributed by atoms with Crippen molar-refractivity contribution in [1.29, 1.82) is 0 Å². The van der Waals surface area contributed by atoms with Crippen LogP contribution in [0.3, 0.4) is 0 Å². The van der Waals surface area contributed by atoms with Gasteiger partial charge in [0.15, 0.2) is 0 Å². The number of amides is 2. The Morgan fingerprint density at radius 2 is 1.93 bits per heavy atom. The van der Waals surface area contributed by atoms with Crippen molar-refractivity contribution in [3.05, 3.63) is 58.3 Å². The summed E-state index contributed by atoms with van der Waals surface area (Å²) in [6.45, 7) is 2.41. The van der Waals surface area contributed by atoms with Crippen LogP contribution in [0.15, 0.2) is 47.2 Å². The molecule has 3 heterocycles. The monoisotopic (exact) mass is 382 g/mol. The van der Waals surface area contributed by atoms with Gasteiger partial charge in [0.05, 0.1) is 5.56 Å². The van der Waals surface area contributed by atoms with E-state index >= 15 is 0 Å². The van der Waals surface area contributed by atoms with Gasteiger partial charge in [0.25, 0.3) is 5.91 Å².